The summed E-state index contributed by atoms with van der Waals surface area (Å²) in [4.78, 5) is 24.1. The lowest BCUT2D eigenvalue weighted by molar-refractivity contribution is -0.111. The summed E-state index contributed by atoms with van der Waals surface area (Å²) in [6, 6.07) is 14.7. The number of benzene rings is 2. The lowest BCUT2D eigenvalue weighted by atomic mass is 10.1. The van der Waals surface area contributed by atoms with E-state index < -0.39 is 0 Å². The molecule has 4 nitrogen and oxygen atoms in total. The number of unbranched alkanes of at least 4 members (excludes halogenated alkanes) is 2. The number of anilines is 1. The summed E-state index contributed by atoms with van der Waals surface area (Å²) in [5.74, 6) is -0.277. The predicted octanol–water partition coefficient (Wildman–Crippen LogP) is 5.18. The van der Waals surface area contributed by atoms with E-state index in [4.69, 9.17) is 4.42 Å². The lowest BCUT2D eigenvalue weighted by Crippen LogP contribution is -2.09. The van der Waals surface area contributed by atoms with Crippen LogP contribution < -0.4 is 10.7 Å². The predicted molar refractivity (Wildman–Crippen MR) is 110 cm³/mol. The summed E-state index contributed by atoms with van der Waals surface area (Å²) >= 11 is 0. The minimum Gasteiger partial charge on any atom is -0.462 e. The molecule has 0 saturated carbocycles. The summed E-state index contributed by atoms with van der Waals surface area (Å²) in [6.07, 6.45) is 9.34. The minimum absolute atomic E-state index is 0.137. The van der Waals surface area contributed by atoms with Crippen molar-refractivity contribution in [1.29, 1.82) is 0 Å². The Labute approximate surface area is 158 Å². The first kappa shape index (κ1) is 18.6. The van der Waals surface area contributed by atoms with Crippen LogP contribution in [0.25, 0.3) is 17.0 Å². The third-order valence-corrected chi connectivity index (χ3v) is 4.42. The Kier molecular flexibility index (Phi) is 6.21. The first-order valence-corrected chi connectivity index (χ1v) is 9.26. The maximum Gasteiger partial charge on any atom is 0.248 e. The van der Waals surface area contributed by atoms with Crippen molar-refractivity contribution in [1.82, 2.24) is 0 Å². The summed E-state index contributed by atoms with van der Waals surface area (Å²) in [7, 11) is 0. The van der Waals surface area contributed by atoms with Crippen LogP contribution >= 0.6 is 0 Å². The van der Waals surface area contributed by atoms with Crippen molar-refractivity contribution in [3.8, 4) is 0 Å². The van der Waals surface area contributed by atoms with Crippen LogP contribution in [0.1, 0.15) is 37.3 Å². The molecule has 0 radical (unpaired) electrons. The van der Waals surface area contributed by atoms with Crippen molar-refractivity contribution >= 4 is 28.6 Å². The molecule has 2 aromatic carbocycles. The van der Waals surface area contributed by atoms with Crippen LogP contribution in [-0.2, 0) is 11.2 Å². The number of amides is 1. The van der Waals surface area contributed by atoms with Crippen molar-refractivity contribution in [3.63, 3.8) is 0 Å². The topological polar surface area (TPSA) is 59.3 Å². The van der Waals surface area contributed by atoms with Crippen molar-refractivity contribution in [3.05, 3.63) is 82.2 Å². The average molecular weight is 361 g/mol. The molecule has 0 bridgehead atoms. The maximum atomic E-state index is 12.2. The van der Waals surface area contributed by atoms with Crippen molar-refractivity contribution < 1.29 is 9.21 Å². The summed E-state index contributed by atoms with van der Waals surface area (Å²) in [5.41, 5.74) is 3.00. The molecule has 1 N–H and O–H groups in total. The second kappa shape index (κ2) is 8.99. The Balaban J connectivity index is 1.66. The van der Waals surface area contributed by atoms with Gasteiger partial charge in [0.2, 0.25) is 5.91 Å². The molecule has 0 aliphatic heterocycles. The van der Waals surface area contributed by atoms with E-state index in [0.717, 1.165) is 12.0 Å². The molecule has 4 heteroatoms. The van der Waals surface area contributed by atoms with Crippen LogP contribution in [0, 0.1) is 0 Å². The highest BCUT2D eigenvalue weighted by Crippen LogP contribution is 2.20. The molecule has 0 aliphatic carbocycles. The fourth-order valence-corrected chi connectivity index (χ4v) is 2.93. The van der Waals surface area contributed by atoms with E-state index in [2.05, 4.69) is 24.4 Å². The SMILES string of the molecule is CCCCCc1ccc(C=CC(=O)Nc2cccc3c(=O)ccoc23)cc1. The van der Waals surface area contributed by atoms with E-state index in [-0.39, 0.29) is 11.3 Å². The van der Waals surface area contributed by atoms with Gasteiger partial charge >= 0.3 is 0 Å². The van der Waals surface area contributed by atoms with Crippen LogP contribution in [0.3, 0.4) is 0 Å². The number of carbonyl (C=O) groups excluding carboxylic acids is 1. The van der Waals surface area contributed by atoms with Crippen molar-refractivity contribution in [2.45, 2.75) is 32.6 Å². The molecular formula is C23H23NO3. The molecule has 1 amide bonds. The van der Waals surface area contributed by atoms with Gasteiger partial charge in [-0.3, -0.25) is 9.59 Å². The highest BCUT2D eigenvalue weighted by molar-refractivity contribution is 6.06. The van der Waals surface area contributed by atoms with Gasteiger partial charge in [0.1, 0.15) is 0 Å². The Morgan fingerprint density at radius 1 is 1.07 bits per heavy atom. The van der Waals surface area contributed by atoms with Gasteiger partial charge in [-0.2, -0.15) is 0 Å². The number of aryl methyl sites for hydroxylation is 1. The number of para-hydroxylation sites is 1. The van der Waals surface area contributed by atoms with Crippen LogP contribution in [0.4, 0.5) is 5.69 Å². The molecule has 0 saturated heterocycles. The van der Waals surface area contributed by atoms with Gasteiger partial charge in [-0.1, -0.05) is 50.1 Å². The molecule has 0 atom stereocenters. The molecule has 1 heterocycles. The van der Waals surface area contributed by atoms with Crippen LogP contribution in [-0.4, -0.2) is 5.91 Å². The molecule has 0 aliphatic rings. The van der Waals surface area contributed by atoms with Crippen molar-refractivity contribution in [2.75, 3.05) is 5.32 Å². The number of rotatable bonds is 7. The van der Waals surface area contributed by atoms with Gasteiger partial charge in [-0.25, -0.2) is 0 Å². The van der Waals surface area contributed by atoms with Crippen molar-refractivity contribution in [2.24, 2.45) is 0 Å². The average Bonchev–Trinajstić information content (AvgIpc) is 2.68. The maximum absolute atomic E-state index is 12.2. The van der Waals surface area contributed by atoms with E-state index in [1.54, 1.807) is 24.3 Å². The Bertz CT molecular complexity index is 1000. The van der Waals surface area contributed by atoms with E-state index in [9.17, 15) is 9.59 Å². The molecule has 0 spiro atoms. The molecule has 27 heavy (non-hydrogen) atoms. The molecule has 0 unspecified atom stereocenters. The third-order valence-electron chi connectivity index (χ3n) is 4.42. The molecule has 1 aromatic heterocycles. The Morgan fingerprint density at radius 2 is 1.89 bits per heavy atom. The second-order valence-corrected chi connectivity index (χ2v) is 6.49. The summed E-state index contributed by atoms with van der Waals surface area (Å²) in [5, 5.41) is 3.21. The van der Waals surface area contributed by atoms with Gasteiger partial charge in [0.25, 0.3) is 0 Å². The van der Waals surface area contributed by atoms with Gasteiger partial charge < -0.3 is 9.73 Å². The summed E-state index contributed by atoms with van der Waals surface area (Å²) in [6.45, 7) is 2.20. The molecule has 0 fully saturated rings. The number of nitrogens with one attached hydrogen (secondary N) is 1. The van der Waals surface area contributed by atoms with Gasteiger partial charge in [0.05, 0.1) is 17.3 Å². The Morgan fingerprint density at radius 3 is 2.67 bits per heavy atom. The quantitative estimate of drug-likeness (QED) is 0.466. The molecular weight excluding hydrogens is 338 g/mol. The zero-order valence-electron chi connectivity index (χ0n) is 15.4. The van der Waals surface area contributed by atoms with Gasteiger partial charge in [-0.15, -0.1) is 0 Å². The zero-order chi connectivity index (χ0) is 19.1. The van der Waals surface area contributed by atoms with Gasteiger partial charge in [0, 0.05) is 12.1 Å². The first-order chi connectivity index (χ1) is 13.2. The first-order valence-electron chi connectivity index (χ1n) is 9.26. The van der Waals surface area contributed by atoms with E-state index in [1.807, 2.05) is 12.1 Å². The summed E-state index contributed by atoms with van der Waals surface area (Å²) < 4.78 is 5.40. The largest absolute Gasteiger partial charge is 0.462 e. The molecule has 138 valence electrons. The second-order valence-electron chi connectivity index (χ2n) is 6.49. The number of fused-ring (bicyclic) bond motifs is 1. The number of carbonyl (C=O) groups is 1. The number of hydrogen-bond donors (Lipinski definition) is 1. The standard InChI is InChI=1S/C23H23NO3/c1-2-3-4-6-17-9-11-18(12-10-17)13-14-22(26)24-20-8-5-7-19-21(25)15-16-27-23(19)20/h5,7-16H,2-4,6H2,1H3,(H,24,26). The highest BCUT2D eigenvalue weighted by Gasteiger charge is 2.07. The van der Waals surface area contributed by atoms with E-state index >= 15 is 0 Å². The number of hydrogen-bond acceptors (Lipinski definition) is 3. The minimum atomic E-state index is -0.277. The third kappa shape index (κ3) is 4.94. The van der Waals surface area contributed by atoms with E-state index in [1.165, 1.54) is 43.2 Å². The lowest BCUT2D eigenvalue weighted by Gasteiger charge is -2.05. The normalized spacial score (nSPS) is 11.1. The zero-order valence-corrected chi connectivity index (χ0v) is 15.4. The van der Waals surface area contributed by atoms with E-state index in [0.29, 0.717) is 16.7 Å². The highest BCUT2D eigenvalue weighted by atomic mass is 16.3. The molecule has 3 aromatic rings. The fraction of sp³-hybridized carbons (Fsp3) is 0.217. The molecule has 3 rings (SSSR count). The van der Waals surface area contributed by atoms with Crippen LogP contribution in [0.15, 0.2) is 70.1 Å². The van der Waals surface area contributed by atoms with Crippen LogP contribution in [0.5, 0.6) is 0 Å². The Hall–Kier alpha value is -3.14. The van der Waals surface area contributed by atoms with Gasteiger partial charge in [-0.05, 0) is 42.2 Å². The smallest absolute Gasteiger partial charge is 0.248 e. The fourth-order valence-electron chi connectivity index (χ4n) is 2.93. The monoisotopic (exact) mass is 361 g/mol. The van der Waals surface area contributed by atoms with Crippen LogP contribution in [0.2, 0.25) is 0 Å². The van der Waals surface area contributed by atoms with Gasteiger partial charge in [0.15, 0.2) is 11.0 Å².